The van der Waals surface area contributed by atoms with Crippen LogP contribution < -0.4 is 5.32 Å². The first-order valence-corrected chi connectivity index (χ1v) is 7.10. The lowest BCUT2D eigenvalue weighted by Crippen LogP contribution is -2.31. The number of aliphatic imine (C=N–C) groups is 1. The molecule has 0 aromatic rings. The number of hydrogen-bond acceptors (Lipinski definition) is 4. The molecule has 2 unspecified atom stereocenters. The summed E-state index contributed by atoms with van der Waals surface area (Å²) >= 11 is 1.54. The lowest BCUT2D eigenvalue weighted by atomic mass is 10.3. The third kappa shape index (κ3) is 1.95. The van der Waals surface area contributed by atoms with Crippen LogP contribution in [0.25, 0.3) is 0 Å². The van der Waals surface area contributed by atoms with Crippen LogP contribution in [0, 0.1) is 0 Å². The highest BCUT2D eigenvalue weighted by Gasteiger charge is 2.43. The molecule has 2 rings (SSSR count). The Morgan fingerprint density at radius 1 is 1.64 bits per heavy atom. The molecule has 2 aliphatic heterocycles. The van der Waals surface area contributed by atoms with Crippen molar-refractivity contribution in [3.63, 3.8) is 0 Å². The summed E-state index contributed by atoms with van der Waals surface area (Å²) in [7, 11) is -2.81. The number of fused-ring (bicyclic) bond motifs is 1. The quantitative estimate of drug-likeness (QED) is 0.682. The maximum absolute atomic E-state index is 11.3. The molecule has 0 bridgehead atoms. The fourth-order valence-corrected chi connectivity index (χ4v) is 5.36. The van der Waals surface area contributed by atoms with Gasteiger partial charge in [0.1, 0.15) is 0 Å². The van der Waals surface area contributed by atoms with Crippen molar-refractivity contribution in [1.29, 1.82) is 0 Å². The Labute approximate surface area is 87.8 Å². The SMILES string of the molecule is C=CCN=C1NC2CS(=O)(=O)CC2S1. The van der Waals surface area contributed by atoms with E-state index < -0.39 is 9.84 Å². The fourth-order valence-electron chi connectivity index (χ4n) is 1.63. The van der Waals surface area contributed by atoms with Gasteiger partial charge in [-0.2, -0.15) is 0 Å². The van der Waals surface area contributed by atoms with Crippen LogP contribution in [0.5, 0.6) is 0 Å². The third-order valence-electron chi connectivity index (χ3n) is 2.24. The molecule has 4 nitrogen and oxygen atoms in total. The molecule has 1 N–H and O–H groups in total. The zero-order valence-electron chi connectivity index (χ0n) is 7.64. The van der Waals surface area contributed by atoms with Gasteiger partial charge >= 0.3 is 0 Å². The van der Waals surface area contributed by atoms with E-state index in [1.165, 1.54) is 11.8 Å². The smallest absolute Gasteiger partial charge is 0.157 e. The van der Waals surface area contributed by atoms with Crippen LogP contribution >= 0.6 is 11.8 Å². The van der Waals surface area contributed by atoms with Gasteiger partial charge in [0.05, 0.1) is 24.1 Å². The maximum Gasteiger partial charge on any atom is 0.157 e. The van der Waals surface area contributed by atoms with E-state index >= 15 is 0 Å². The van der Waals surface area contributed by atoms with E-state index in [2.05, 4.69) is 16.9 Å². The standard InChI is InChI=1S/C8H12N2O2S2/c1-2-3-9-8-10-6-4-14(11,12)5-7(6)13-8/h2,6-7H,1,3-5H2,(H,9,10). The van der Waals surface area contributed by atoms with E-state index in [0.717, 1.165) is 5.17 Å². The number of rotatable bonds is 2. The molecular formula is C8H12N2O2S2. The van der Waals surface area contributed by atoms with Gasteiger partial charge in [0.25, 0.3) is 0 Å². The highest BCUT2D eigenvalue weighted by molar-refractivity contribution is 8.15. The molecule has 2 saturated heterocycles. The van der Waals surface area contributed by atoms with Crippen molar-refractivity contribution >= 4 is 26.8 Å². The Balaban J connectivity index is 2.03. The van der Waals surface area contributed by atoms with Gasteiger partial charge in [-0.25, -0.2) is 8.42 Å². The number of sulfone groups is 1. The molecule has 2 aliphatic rings. The Morgan fingerprint density at radius 2 is 2.43 bits per heavy atom. The lowest BCUT2D eigenvalue weighted by molar-refractivity contribution is 0.600. The molecule has 2 fully saturated rings. The molecule has 6 heteroatoms. The monoisotopic (exact) mass is 232 g/mol. The second-order valence-electron chi connectivity index (χ2n) is 3.42. The van der Waals surface area contributed by atoms with Gasteiger partial charge < -0.3 is 5.32 Å². The van der Waals surface area contributed by atoms with Crippen molar-refractivity contribution in [3.05, 3.63) is 12.7 Å². The molecule has 0 amide bonds. The highest BCUT2D eigenvalue weighted by Crippen LogP contribution is 2.31. The van der Waals surface area contributed by atoms with E-state index in [1.54, 1.807) is 6.08 Å². The van der Waals surface area contributed by atoms with Crippen LogP contribution in [0.15, 0.2) is 17.6 Å². The maximum atomic E-state index is 11.3. The predicted molar refractivity (Wildman–Crippen MR) is 59.5 cm³/mol. The lowest BCUT2D eigenvalue weighted by Gasteiger charge is -2.03. The molecule has 0 aliphatic carbocycles. The molecule has 2 atom stereocenters. The molecule has 78 valence electrons. The first kappa shape index (κ1) is 10.0. The summed E-state index contributed by atoms with van der Waals surface area (Å²) in [6.45, 7) is 4.16. The summed E-state index contributed by atoms with van der Waals surface area (Å²) in [5.41, 5.74) is 0. The van der Waals surface area contributed by atoms with Crippen LogP contribution in [-0.2, 0) is 9.84 Å². The van der Waals surface area contributed by atoms with Gasteiger partial charge in [-0.3, -0.25) is 4.99 Å². The van der Waals surface area contributed by atoms with Gasteiger partial charge in [0.2, 0.25) is 0 Å². The van der Waals surface area contributed by atoms with Gasteiger partial charge in [-0.15, -0.1) is 6.58 Å². The van der Waals surface area contributed by atoms with Crippen LogP contribution in [0.1, 0.15) is 0 Å². The Kier molecular flexibility index (Phi) is 2.57. The molecule has 0 spiro atoms. The number of nitrogens with zero attached hydrogens (tertiary/aromatic N) is 1. The summed E-state index contributed by atoms with van der Waals surface area (Å²) in [5.74, 6) is 0.528. The summed E-state index contributed by atoms with van der Waals surface area (Å²) < 4.78 is 22.5. The van der Waals surface area contributed by atoms with Gasteiger partial charge in [-0.05, 0) is 0 Å². The number of nitrogens with one attached hydrogen (secondary N) is 1. The van der Waals surface area contributed by atoms with Crippen LogP contribution in [0.3, 0.4) is 0 Å². The van der Waals surface area contributed by atoms with E-state index in [0.29, 0.717) is 6.54 Å². The molecule has 14 heavy (non-hydrogen) atoms. The first-order valence-electron chi connectivity index (χ1n) is 4.40. The minimum absolute atomic E-state index is 0.0635. The topological polar surface area (TPSA) is 58.5 Å². The zero-order valence-corrected chi connectivity index (χ0v) is 9.27. The molecule has 2 heterocycles. The average molecular weight is 232 g/mol. The summed E-state index contributed by atoms with van der Waals surface area (Å²) in [6.07, 6.45) is 1.72. The normalized spacial score (nSPS) is 36.7. The Hall–Kier alpha value is -0.490. The minimum atomic E-state index is -2.81. The van der Waals surface area contributed by atoms with E-state index in [1.807, 2.05) is 0 Å². The number of amidine groups is 1. The first-order chi connectivity index (χ1) is 6.61. The minimum Gasteiger partial charge on any atom is -0.360 e. The van der Waals surface area contributed by atoms with Crippen LogP contribution in [0.4, 0.5) is 0 Å². The third-order valence-corrected chi connectivity index (χ3v) is 5.45. The van der Waals surface area contributed by atoms with E-state index in [-0.39, 0.29) is 22.8 Å². The second kappa shape index (κ2) is 3.58. The van der Waals surface area contributed by atoms with Gasteiger partial charge in [-0.1, -0.05) is 17.8 Å². The molecule has 0 saturated carbocycles. The summed E-state index contributed by atoms with van der Waals surface area (Å²) in [5, 5.41) is 4.14. The predicted octanol–water partition coefficient (Wildman–Crippen LogP) is 0.0304. The largest absolute Gasteiger partial charge is 0.360 e. The van der Waals surface area contributed by atoms with Crippen LogP contribution in [-0.4, -0.2) is 42.9 Å². The molecular weight excluding hydrogens is 220 g/mol. The van der Waals surface area contributed by atoms with Crippen molar-refractivity contribution in [2.75, 3.05) is 18.1 Å². The fraction of sp³-hybridized carbons (Fsp3) is 0.625. The molecule has 0 radical (unpaired) electrons. The van der Waals surface area contributed by atoms with Gasteiger partial charge in [0, 0.05) is 5.25 Å². The molecule has 0 aromatic heterocycles. The van der Waals surface area contributed by atoms with Crippen molar-refractivity contribution in [1.82, 2.24) is 5.32 Å². The van der Waals surface area contributed by atoms with Crippen LogP contribution in [0.2, 0.25) is 0 Å². The average Bonchev–Trinajstić information content (AvgIpc) is 2.53. The van der Waals surface area contributed by atoms with E-state index in [9.17, 15) is 8.42 Å². The number of hydrogen-bond donors (Lipinski definition) is 1. The Morgan fingerprint density at radius 3 is 3.07 bits per heavy atom. The van der Waals surface area contributed by atoms with Gasteiger partial charge in [0.15, 0.2) is 15.0 Å². The Bertz CT molecular complexity index is 353. The van der Waals surface area contributed by atoms with E-state index in [4.69, 9.17) is 0 Å². The summed E-state index contributed by atoms with van der Waals surface area (Å²) in [6, 6.07) is 0.0635. The second-order valence-corrected chi connectivity index (χ2v) is 6.80. The zero-order chi connectivity index (χ0) is 10.2. The van der Waals surface area contributed by atoms with Crippen molar-refractivity contribution < 1.29 is 8.42 Å². The van der Waals surface area contributed by atoms with Crippen molar-refractivity contribution in [2.45, 2.75) is 11.3 Å². The van der Waals surface area contributed by atoms with Crippen molar-refractivity contribution in [3.8, 4) is 0 Å². The summed E-state index contributed by atoms with van der Waals surface area (Å²) in [4.78, 5) is 4.23. The number of thioether (sulfide) groups is 1. The van der Waals surface area contributed by atoms with Crippen molar-refractivity contribution in [2.24, 2.45) is 4.99 Å². The highest BCUT2D eigenvalue weighted by atomic mass is 32.2. The molecule has 0 aromatic carbocycles.